The van der Waals surface area contributed by atoms with Gasteiger partial charge in [0.1, 0.15) is 15.4 Å². The van der Waals surface area contributed by atoms with E-state index in [1.165, 1.54) is 30.4 Å². The van der Waals surface area contributed by atoms with E-state index in [-0.39, 0.29) is 0 Å². The van der Waals surface area contributed by atoms with Crippen LogP contribution in [0.2, 0.25) is 4.34 Å². The zero-order chi connectivity index (χ0) is 10.8. The Balaban J connectivity index is 2.01. The highest BCUT2D eigenvalue weighted by Gasteiger charge is 2.26. The molecule has 1 atom stereocenters. The first-order valence-corrected chi connectivity index (χ1v) is 6.00. The third-order valence-electron chi connectivity index (χ3n) is 2.33. The molecule has 2 rings (SSSR count). The predicted molar refractivity (Wildman–Crippen MR) is 59.8 cm³/mol. The number of nitrogens with two attached hydrogens (primary N) is 1. The maximum absolute atomic E-state index is 11.2. The molecule has 1 aromatic rings. The van der Waals surface area contributed by atoms with Gasteiger partial charge in [0.05, 0.1) is 6.20 Å². The fraction of sp³-hybridized carbons (Fsp3) is 0.556. The summed E-state index contributed by atoms with van der Waals surface area (Å²) >= 11 is 7.05. The van der Waals surface area contributed by atoms with Gasteiger partial charge in [-0.15, -0.1) is 11.3 Å². The van der Waals surface area contributed by atoms with Crippen LogP contribution in [0, 0.1) is 5.92 Å². The van der Waals surface area contributed by atoms with Crippen molar-refractivity contribution in [2.45, 2.75) is 18.9 Å². The predicted octanol–water partition coefficient (Wildman–Crippen LogP) is 1.32. The van der Waals surface area contributed by atoms with E-state index in [1.807, 2.05) is 0 Å². The Kier molecular flexibility index (Phi) is 3.23. The van der Waals surface area contributed by atoms with Crippen LogP contribution in [-0.4, -0.2) is 17.4 Å². The summed E-state index contributed by atoms with van der Waals surface area (Å²) in [5, 5.41) is 3.77. The van der Waals surface area contributed by atoms with Gasteiger partial charge in [0.25, 0.3) is 0 Å². The summed E-state index contributed by atoms with van der Waals surface area (Å²) in [7, 11) is 0. The monoisotopic (exact) mass is 245 g/mol. The first-order chi connectivity index (χ1) is 7.16. The van der Waals surface area contributed by atoms with Gasteiger partial charge in [0.15, 0.2) is 0 Å². The van der Waals surface area contributed by atoms with Crippen molar-refractivity contribution < 1.29 is 4.79 Å². The van der Waals surface area contributed by atoms with E-state index in [9.17, 15) is 4.79 Å². The molecule has 0 spiro atoms. The maximum atomic E-state index is 11.2. The van der Waals surface area contributed by atoms with Crippen molar-refractivity contribution in [1.82, 2.24) is 10.3 Å². The minimum absolute atomic E-state index is 0.401. The highest BCUT2D eigenvalue weighted by molar-refractivity contribution is 7.16. The highest BCUT2D eigenvalue weighted by Crippen LogP contribution is 2.29. The number of hydrogen-bond acceptors (Lipinski definition) is 4. The summed E-state index contributed by atoms with van der Waals surface area (Å²) in [6, 6.07) is -0.497. The van der Waals surface area contributed by atoms with Gasteiger partial charge in [-0.05, 0) is 25.3 Å². The summed E-state index contributed by atoms with van der Waals surface area (Å²) in [5.41, 5.74) is 5.31. The van der Waals surface area contributed by atoms with E-state index in [1.54, 1.807) is 0 Å². The number of aromatic nitrogens is 1. The molecule has 1 fully saturated rings. The molecule has 4 nitrogen and oxygen atoms in total. The van der Waals surface area contributed by atoms with Crippen molar-refractivity contribution in [3.05, 3.63) is 15.5 Å². The maximum Gasteiger partial charge on any atom is 0.241 e. The molecule has 0 saturated heterocycles. The second kappa shape index (κ2) is 4.47. The lowest BCUT2D eigenvalue weighted by atomic mass is 10.3. The summed E-state index contributed by atoms with van der Waals surface area (Å²) in [4.78, 5) is 15.3. The molecule has 1 heterocycles. The van der Waals surface area contributed by atoms with Gasteiger partial charge >= 0.3 is 0 Å². The quantitative estimate of drug-likeness (QED) is 0.822. The smallest absolute Gasteiger partial charge is 0.241 e. The van der Waals surface area contributed by atoms with Crippen LogP contribution in [0.25, 0.3) is 0 Å². The summed E-state index contributed by atoms with van der Waals surface area (Å²) in [6.07, 6.45) is 4.00. The number of amides is 1. The standard InChI is InChI=1S/C9H12ClN3OS/c10-6-4-13-9(15-6)7(8(11)14)12-3-5-1-2-5/h4-5,7,12H,1-3H2,(H2,11,14). The average Bonchev–Trinajstić information content (AvgIpc) is 2.89. The molecule has 1 amide bonds. The Bertz CT molecular complexity index is 364. The topological polar surface area (TPSA) is 68.0 Å². The molecule has 15 heavy (non-hydrogen) atoms. The second-order valence-corrected chi connectivity index (χ2v) is 5.38. The molecule has 3 N–H and O–H groups in total. The normalized spacial score (nSPS) is 17.7. The third-order valence-corrected chi connectivity index (χ3v) is 3.51. The van der Waals surface area contributed by atoms with Gasteiger partial charge in [-0.1, -0.05) is 11.6 Å². The number of nitrogens with zero attached hydrogens (tertiary/aromatic N) is 1. The molecule has 82 valence electrons. The second-order valence-electron chi connectivity index (χ2n) is 3.69. The average molecular weight is 246 g/mol. The van der Waals surface area contributed by atoms with Gasteiger partial charge in [-0.25, -0.2) is 4.98 Å². The number of thiazole rings is 1. The number of carbonyl (C=O) groups is 1. The van der Waals surface area contributed by atoms with Crippen molar-refractivity contribution >= 4 is 28.8 Å². The largest absolute Gasteiger partial charge is 0.368 e. The lowest BCUT2D eigenvalue weighted by molar-refractivity contribution is -0.120. The number of primary amides is 1. The first-order valence-electron chi connectivity index (χ1n) is 4.80. The van der Waals surface area contributed by atoms with Crippen LogP contribution in [0.1, 0.15) is 23.9 Å². The zero-order valence-corrected chi connectivity index (χ0v) is 9.64. The first kappa shape index (κ1) is 10.9. The van der Waals surface area contributed by atoms with Crippen LogP contribution in [0.15, 0.2) is 6.20 Å². The van der Waals surface area contributed by atoms with Crippen molar-refractivity contribution in [3.63, 3.8) is 0 Å². The van der Waals surface area contributed by atoms with Crippen LogP contribution in [0.4, 0.5) is 0 Å². The Morgan fingerprint density at radius 2 is 2.53 bits per heavy atom. The Labute approximate surface area is 96.8 Å². The summed E-state index contributed by atoms with van der Waals surface area (Å²) < 4.78 is 0.574. The number of rotatable bonds is 5. The molecule has 0 aromatic carbocycles. The minimum Gasteiger partial charge on any atom is -0.368 e. The van der Waals surface area contributed by atoms with Gasteiger partial charge in [0.2, 0.25) is 5.91 Å². The Morgan fingerprint density at radius 3 is 3.00 bits per heavy atom. The van der Waals surface area contributed by atoms with Crippen LogP contribution in [0.5, 0.6) is 0 Å². The molecule has 1 saturated carbocycles. The van der Waals surface area contributed by atoms with Crippen LogP contribution >= 0.6 is 22.9 Å². The van der Waals surface area contributed by atoms with E-state index in [0.29, 0.717) is 15.3 Å². The molecule has 1 aromatic heterocycles. The van der Waals surface area contributed by atoms with Crippen molar-refractivity contribution in [1.29, 1.82) is 0 Å². The zero-order valence-electron chi connectivity index (χ0n) is 8.07. The molecule has 1 unspecified atom stereocenters. The van der Waals surface area contributed by atoms with Crippen LogP contribution in [-0.2, 0) is 4.79 Å². The number of halogens is 1. The molecule has 0 bridgehead atoms. The molecule has 1 aliphatic carbocycles. The lowest BCUT2D eigenvalue weighted by Crippen LogP contribution is -2.34. The van der Waals surface area contributed by atoms with Gasteiger partial charge < -0.3 is 5.73 Å². The summed E-state index contributed by atoms with van der Waals surface area (Å²) in [6.45, 7) is 0.824. The Hall–Kier alpha value is -0.650. The molecule has 1 aliphatic rings. The van der Waals surface area contributed by atoms with Crippen LogP contribution in [0.3, 0.4) is 0 Å². The van der Waals surface area contributed by atoms with Gasteiger partial charge in [0, 0.05) is 0 Å². The Morgan fingerprint density at radius 1 is 1.80 bits per heavy atom. The minimum atomic E-state index is -0.497. The van der Waals surface area contributed by atoms with Gasteiger partial charge in [-0.3, -0.25) is 10.1 Å². The van der Waals surface area contributed by atoms with E-state index >= 15 is 0 Å². The number of nitrogens with one attached hydrogen (secondary N) is 1. The third kappa shape index (κ3) is 2.90. The van der Waals surface area contributed by atoms with Crippen molar-refractivity contribution in [2.24, 2.45) is 11.7 Å². The molecular weight excluding hydrogens is 234 g/mol. The molecule has 0 radical (unpaired) electrons. The van der Waals surface area contributed by atoms with E-state index in [4.69, 9.17) is 17.3 Å². The summed E-state index contributed by atoms with van der Waals surface area (Å²) in [5.74, 6) is 0.295. The molecule has 6 heteroatoms. The number of hydrogen-bond donors (Lipinski definition) is 2. The van der Waals surface area contributed by atoms with Crippen molar-refractivity contribution in [2.75, 3.05) is 6.54 Å². The van der Waals surface area contributed by atoms with Crippen LogP contribution < -0.4 is 11.1 Å². The highest BCUT2D eigenvalue weighted by atomic mass is 35.5. The SMILES string of the molecule is NC(=O)C(NCC1CC1)c1ncc(Cl)s1. The fourth-order valence-electron chi connectivity index (χ4n) is 1.32. The van der Waals surface area contributed by atoms with E-state index in [0.717, 1.165) is 6.54 Å². The van der Waals surface area contributed by atoms with E-state index < -0.39 is 11.9 Å². The van der Waals surface area contributed by atoms with E-state index in [2.05, 4.69) is 10.3 Å². The number of carbonyl (C=O) groups excluding carboxylic acids is 1. The molecular formula is C9H12ClN3OS. The lowest BCUT2D eigenvalue weighted by Gasteiger charge is -2.11. The van der Waals surface area contributed by atoms with Gasteiger partial charge in [-0.2, -0.15) is 0 Å². The fourth-order valence-corrected chi connectivity index (χ4v) is 2.33. The molecule has 0 aliphatic heterocycles. The van der Waals surface area contributed by atoms with Crippen molar-refractivity contribution in [3.8, 4) is 0 Å².